The number of allylic oxidation sites excluding steroid dienone is 2. The smallest absolute Gasteiger partial charge is 0.316 e. The Labute approximate surface area is 118 Å². The highest BCUT2D eigenvalue weighted by atomic mass is 35.5. The van der Waals surface area contributed by atoms with Crippen LogP contribution in [-0.4, -0.2) is 18.9 Å². The molecule has 4 heteroatoms. The van der Waals surface area contributed by atoms with Crippen molar-refractivity contribution in [3.05, 3.63) is 46.5 Å². The summed E-state index contributed by atoms with van der Waals surface area (Å²) < 4.78 is 4.70. The minimum atomic E-state index is -0.821. The zero-order chi connectivity index (χ0) is 14.4. The fourth-order valence-corrected chi connectivity index (χ4v) is 1.84. The number of rotatable bonds is 5. The molecule has 1 rings (SSSR count). The molecular formula is C15H17ClO3. The molecule has 0 radical (unpaired) electrons. The molecule has 0 aliphatic heterocycles. The Morgan fingerprint density at radius 1 is 1.37 bits per heavy atom. The van der Waals surface area contributed by atoms with E-state index in [-0.39, 0.29) is 5.78 Å². The number of hydrogen-bond acceptors (Lipinski definition) is 3. The van der Waals surface area contributed by atoms with Gasteiger partial charge in [-0.15, -0.1) is 0 Å². The number of halogens is 1. The van der Waals surface area contributed by atoms with E-state index in [1.54, 1.807) is 24.3 Å². The maximum absolute atomic E-state index is 12.3. The topological polar surface area (TPSA) is 43.4 Å². The largest absolute Gasteiger partial charge is 0.468 e. The Hall–Kier alpha value is -1.61. The standard InChI is InChI=1S/C15H17ClO3/c1-10(2)7-8-13(15(18)19-3)14(17)11-5-4-6-12(16)9-11/h4-7,9,13H,8H2,1-3H3. The van der Waals surface area contributed by atoms with Crippen molar-refractivity contribution in [3.63, 3.8) is 0 Å². The van der Waals surface area contributed by atoms with Gasteiger partial charge in [0.1, 0.15) is 5.92 Å². The first-order valence-electron chi connectivity index (χ1n) is 5.96. The van der Waals surface area contributed by atoms with Crippen molar-refractivity contribution in [2.45, 2.75) is 20.3 Å². The number of carbonyl (C=O) groups is 2. The first-order valence-corrected chi connectivity index (χ1v) is 6.34. The molecule has 0 aliphatic rings. The fourth-order valence-electron chi connectivity index (χ4n) is 1.65. The van der Waals surface area contributed by atoms with Gasteiger partial charge in [-0.05, 0) is 32.4 Å². The minimum absolute atomic E-state index is 0.271. The van der Waals surface area contributed by atoms with E-state index in [0.717, 1.165) is 5.57 Å². The van der Waals surface area contributed by atoms with Crippen molar-refractivity contribution < 1.29 is 14.3 Å². The van der Waals surface area contributed by atoms with Crippen molar-refractivity contribution in [2.24, 2.45) is 5.92 Å². The third kappa shape index (κ3) is 4.52. The van der Waals surface area contributed by atoms with E-state index in [9.17, 15) is 9.59 Å². The van der Waals surface area contributed by atoms with E-state index < -0.39 is 11.9 Å². The molecular weight excluding hydrogens is 264 g/mol. The summed E-state index contributed by atoms with van der Waals surface area (Å²) in [6, 6.07) is 6.57. The van der Waals surface area contributed by atoms with Gasteiger partial charge in [0.15, 0.2) is 5.78 Å². The Morgan fingerprint density at radius 3 is 2.58 bits per heavy atom. The quantitative estimate of drug-likeness (QED) is 0.358. The number of ether oxygens (including phenoxy) is 1. The zero-order valence-corrected chi connectivity index (χ0v) is 12.0. The molecule has 1 atom stereocenters. The van der Waals surface area contributed by atoms with Crippen LogP contribution in [0.25, 0.3) is 0 Å². The normalized spacial score (nSPS) is 11.6. The highest BCUT2D eigenvalue weighted by Crippen LogP contribution is 2.18. The zero-order valence-electron chi connectivity index (χ0n) is 11.3. The van der Waals surface area contributed by atoms with Gasteiger partial charge >= 0.3 is 5.97 Å². The lowest BCUT2D eigenvalue weighted by Gasteiger charge is -2.12. The van der Waals surface area contributed by atoms with Crippen molar-refractivity contribution in [3.8, 4) is 0 Å². The molecule has 0 N–H and O–H groups in total. The summed E-state index contributed by atoms with van der Waals surface area (Å²) in [4.78, 5) is 24.0. The summed E-state index contributed by atoms with van der Waals surface area (Å²) in [5.74, 6) is -1.62. The van der Waals surface area contributed by atoms with E-state index >= 15 is 0 Å². The minimum Gasteiger partial charge on any atom is -0.468 e. The molecule has 0 aliphatic carbocycles. The Kier molecular flexibility index (Phi) is 5.77. The van der Waals surface area contributed by atoms with Crippen LogP contribution in [0.5, 0.6) is 0 Å². The van der Waals surface area contributed by atoms with Crippen LogP contribution in [0, 0.1) is 5.92 Å². The summed E-state index contributed by atoms with van der Waals surface area (Å²) in [5.41, 5.74) is 1.47. The molecule has 0 fully saturated rings. The molecule has 0 saturated carbocycles. The van der Waals surface area contributed by atoms with Gasteiger partial charge in [-0.25, -0.2) is 0 Å². The number of Topliss-reactive ketones (excluding diaryl/α,β-unsaturated/α-hetero) is 1. The maximum Gasteiger partial charge on any atom is 0.316 e. The van der Waals surface area contributed by atoms with Gasteiger partial charge in [0, 0.05) is 10.6 Å². The molecule has 0 bridgehead atoms. The second-order valence-corrected chi connectivity index (χ2v) is 4.90. The molecule has 0 heterocycles. The van der Waals surface area contributed by atoms with Gasteiger partial charge in [0.05, 0.1) is 7.11 Å². The lowest BCUT2D eigenvalue weighted by Crippen LogP contribution is -2.25. The molecule has 0 spiro atoms. The van der Waals surface area contributed by atoms with Crippen LogP contribution in [0.4, 0.5) is 0 Å². The van der Waals surface area contributed by atoms with Crippen LogP contribution in [-0.2, 0) is 9.53 Å². The first kappa shape index (κ1) is 15.4. The van der Waals surface area contributed by atoms with Crippen LogP contribution >= 0.6 is 11.6 Å². The van der Waals surface area contributed by atoms with Gasteiger partial charge in [-0.1, -0.05) is 35.4 Å². The Bertz CT molecular complexity index is 502. The van der Waals surface area contributed by atoms with Crippen LogP contribution in [0.15, 0.2) is 35.9 Å². The lowest BCUT2D eigenvalue weighted by molar-refractivity contribution is -0.143. The molecule has 0 saturated heterocycles. The fraction of sp³-hybridized carbons (Fsp3) is 0.333. The van der Waals surface area contributed by atoms with Gasteiger partial charge in [0.2, 0.25) is 0 Å². The average Bonchev–Trinajstić information content (AvgIpc) is 2.38. The molecule has 1 aromatic carbocycles. The molecule has 1 aromatic rings. The summed E-state index contributed by atoms with van der Waals surface area (Å²) in [5, 5.41) is 0.469. The number of benzene rings is 1. The highest BCUT2D eigenvalue weighted by Gasteiger charge is 2.27. The second-order valence-electron chi connectivity index (χ2n) is 4.47. The highest BCUT2D eigenvalue weighted by molar-refractivity contribution is 6.31. The SMILES string of the molecule is COC(=O)C(CC=C(C)C)C(=O)c1cccc(Cl)c1. The monoisotopic (exact) mass is 280 g/mol. The number of hydrogen-bond donors (Lipinski definition) is 0. The van der Waals surface area contributed by atoms with E-state index in [4.69, 9.17) is 16.3 Å². The van der Waals surface area contributed by atoms with E-state index in [0.29, 0.717) is 17.0 Å². The number of ketones is 1. The van der Waals surface area contributed by atoms with Crippen molar-refractivity contribution in [1.82, 2.24) is 0 Å². The predicted octanol–water partition coefficient (Wildman–Crippen LogP) is 3.67. The van der Waals surface area contributed by atoms with Crippen LogP contribution in [0.1, 0.15) is 30.6 Å². The molecule has 0 amide bonds. The number of carbonyl (C=O) groups excluding carboxylic acids is 2. The first-order chi connectivity index (χ1) is 8.95. The molecule has 102 valence electrons. The van der Waals surface area contributed by atoms with Crippen LogP contribution < -0.4 is 0 Å². The average molecular weight is 281 g/mol. The third-order valence-electron chi connectivity index (χ3n) is 2.67. The predicted molar refractivity (Wildman–Crippen MR) is 75.3 cm³/mol. The molecule has 3 nitrogen and oxygen atoms in total. The van der Waals surface area contributed by atoms with Crippen molar-refractivity contribution >= 4 is 23.4 Å². The van der Waals surface area contributed by atoms with Gasteiger partial charge in [-0.3, -0.25) is 9.59 Å². The summed E-state index contributed by atoms with van der Waals surface area (Å²) in [7, 11) is 1.28. The van der Waals surface area contributed by atoms with Gasteiger partial charge in [0.25, 0.3) is 0 Å². The van der Waals surface area contributed by atoms with E-state index in [1.807, 2.05) is 19.9 Å². The van der Waals surface area contributed by atoms with Crippen molar-refractivity contribution in [2.75, 3.05) is 7.11 Å². The number of esters is 1. The van der Waals surface area contributed by atoms with Crippen molar-refractivity contribution in [1.29, 1.82) is 0 Å². The van der Waals surface area contributed by atoms with Crippen LogP contribution in [0.3, 0.4) is 0 Å². The van der Waals surface area contributed by atoms with Gasteiger partial charge < -0.3 is 4.74 Å². The van der Waals surface area contributed by atoms with E-state index in [1.165, 1.54) is 7.11 Å². The van der Waals surface area contributed by atoms with Gasteiger partial charge in [-0.2, -0.15) is 0 Å². The Morgan fingerprint density at radius 2 is 2.05 bits per heavy atom. The summed E-state index contributed by atoms with van der Waals surface area (Å²) in [6.45, 7) is 3.83. The van der Waals surface area contributed by atoms with E-state index in [2.05, 4.69) is 0 Å². The van der Waals surface area contributed by atoms with Crippen LogP contribution in [0.2, 0.25) is 5.02 Å². The lowest BCUT2D eigenvalue weighted by atomic mass is 9.94. The number of methoxy groups -OCH3 is 1. The molecule has 1 unspecified atom stereocenters. The Balaban J connectivity index is 3.00. The second kappa shape index (κ2) is 7.10. The molecule has 19 heavy (non-hydrogen) atoms. The third-order valence-corrected chi connectivity index (χ3v) is 2.91. The summed E-state index contributed by atoms with van der Waals surface area (Å²) >= 11 is 5.85. The molecule has 0 aromatic heterocycles. The summed E-state index contributed by atoms with van der Waals surface area (Å²) in [6.07, 6.45) is 2.18. The maximum atomic E-state index is 12.3.